The van der Waals surface area contributed by atoms with E-state index in [-0.39, 0.29) is 12.5 Å². The number of methoxy groups -OCH3 is 2. The highest BCUT2D eigenvalue weighted by molar-refractivity contribution is 5.92. The van der Waals surface area contributed by atoms with Gasteiger partial charge in [-0.1, -0.05) is 18.2 Å². The maximum atomic E-state index is 12.1. The maximum absolute atomic E-state index is 12.1. The second-order valence-corrected chi connectivity index (χ2v) is 5.18. The zero-order valence-electron chi connectivity index (χ0n) is 14.0. The molecule has 0 saturated heterocycles. The predicted molar refractivity (Wildman–Crippen MR) is 93.4 cm³/mol. The highest BCUT2D eigenvalue weighted by Crippen LogP contribution is 2.31. The predicted octanol–water partition coefficient (Wildman–Crippen LogP) is 2.08. The number of carbonyl (C=O) groups excluding carboxylic acids is 1. The first kappa shape index (κ1) is 16.5. The van der Waals surface area contributed by atoms with E-state index in [9.17, 15) is 4.79 Å². The fourth-order valence-corrected chi connectivity index (χ4v) is 2.45. The molecule has 2 aromatic heterocycles. The van der Waals surface area contributed by atoms with Crippen molar-refractivity contribution in [3.05, 3.63) is 60.1 Å². The van der Waals surface area contributed by atoms with Crippen molar-refractivity contribution in [3.8, 4) is 11.5 Å². The average Bonchev–Trinajstić information content (AvgIpc) is 3.07. The maximum Gasteiger partial charge on any atom is 0.244 e. The van der Waals surface area contributed by atoms with Crippen LogP contribution in [0.15, 0.2) is 48.7 Å². The molecule has 0 aliphatic carbocycles. The van der Waals surface area contributed by atoms with Crippen LogP contribution in [0.4, 0.5) is 0 Å². The molecule has 1 aromatic carbocycles. The first-order valence-electron chi connectivity index (χ1n) is 7.68. The summed E-state index contributed by atoms with van der Waals surface area (Å²) in [6.07, 6.45) is 4.98. The zero-order valence-corrected chi connectivity index (χ0v) is 14.0. The lowest BCUT2D eigenvalue weighted by Crippen LogP contribution is -2.21. The number of nitrogens with zero attached hydrogens (tertiary/aromatic N) is 3. The number of hydrogen-bond acceptors (Lipinski definition) is 5. The summed E-state index contributed by atoms with van der Waals surface area (Å²) in [4.78, 5) is 12.1. The Bertz CT molecular complexity index is 918. The molecular formula is C18H18N4O3. The number of rotatable bonds is 6. The van der Waals surface area contributed by atoms with Gasteiger partial charge in [0.25, 0.3) is 0 Å². The number of nitrogens with one attached hydrogen (secondary N) is 1. The van der Waals surface area contributed by atoms with Gasteiger partial charge in [-0.05, 0) is 24.3 Å². The molecule has 7 heteroatoms. The van der Waals surface area contributed by atoms with E-state index in [1.165, 1.54) is 6.08 Å². The number of pyridine rings is 1. The SMILES string of the molecule is COc1cccc(/C=C/C(=O)NCc2nnc3ccccn23)c1OC. The van der Waals surface area contributed by atoms with E-state index >= 15 is 0 Å². The quantitative estimate of drug-likeness (QED) is 0.696. The summed E-state index contributed by atoms with van der Waals surface area (Å²) in [7, 11) is 3.13. The largest absolute Gasteiger partial charge is 0.493 e. The van der Waals surface area contributed by atoms with Crippen LogP contribution in [0, 0.1) is 0 Å². The van der Waals surface area contributed by atoms with Crippen LogP contribution in [-0.4, -0.2) is 34.7 Å². The van der Waals surface area contributed by atoms with Crippen molar-refractivity contribution < 1.29 is 14.3 Å². The first-order chi connectivity index (χ1) is 12.2. The van der Waals surface area contributed by atoms with Crippen molar-refractivity contribution in [2.75, 3.05) is 14.2 Å². The van der Waals surface area contributed by atoms with Crippen LogP contribution < -0.4 is 14.8 Å². The number of para-hydroxylation sites is 1. The highest BCUT2D eigenvalue weighted by atomic mass is 16.5. The second-order valence-electron chi connectivity index (χ2n) is 5.18. The zero-order chi connectivity index (χ0) is 17.6. The summed E-state index contributed by atoms with van der Waals surface area (Å²) in [6, 6.07) is 11.1. The Labute approximate surface area is 144 Å². The molecule has 7 nitrogen and oxygen atoms in total. The monoisotopic (exact) mass is 338 g/mol. The van der Waals surface area contributed by atoms with Crippen LogP contribution >= 0.6 is 0 Å². The summed E-state index contributed by atoms with van der Waals surface area (Å²) in [5.41, 5.74) is 1.49. The van der Waals surface area contributed by atoms with Gasteiger partial charge in [-0.3, -0.25) is 9.20 Å². The Kier molecular flexibility index (Phi) is 4.94. The number of carbonyl (C=O) groups is 1. The van der Waals surface area contributed by atoms with Gasteiger partial charge >= 0.3 is 0 Å². The van der Waals surface area contributed by atoms with E-state index < -0.39 is 0 Å². The van der Waals surface area contributed by atoms with Crippen LogP contribution in [0.5, 0.6) is 11.5 Å². The Hall–Kier alpha value is -3.35. The molecule has 0 bridgehead atoms. The van der Waals surface area contributed by atoms with Gasteiger partial charge in [0, 0.05) is 17.8 Å². The summed E-state index contributed by atoms with van der Waals surface area (Å²) >= 11 is 0. The third-order valence-electron chi connectivity index (χ3n) is 3.65. The first-order valence-corrected chi connectivity index (χ1v) is 7.68. The molecule has 1 amide bonds. The van der Waals surface area contributed by atoms with Crippen molar-refractivity contribution in [2.45, 2.75) is 6.54 Å². The van der Waals surface area contributed by atoms with Gasteiger partial charge < -0.3 is 14.8 Å². The lowest BCUT2D eigenvalue weighted by Gasteiger charge is -2.09. The second kappa shape index (κ2) is 7.48. The number of benzene rings is 1. The van der Waals surface area contributed by atoms with Crippen LogP contribution in [0.25, 0.3) is 11.7 Å². The fraction of sp³-hybridized carbons (Fsp3) is 0.167. The average molecular weight is 338 g/mol. The van der Waals surface area contributed by atoms with Crippen LogP contribution in [0.1, 0.15) is 11.4 Å². The van der Waals surface area contributed by atoms with Gasteiger partial charge in [-0.25, -0.2) is 0 Å². The van der Waals surface area contributed by atoms with Gasteiger partial charge in [0.1, 0.15) is 0 Å². The molecule has 0 aliphatic heterocycles. The molecule has 0 radical (unpaired) electrons. The van der Waals surface area contributed by atoms with Crippen LogP contribution in [-0.2, 0) is 11.3 Å². The lowest BCUT2D eigenvalue weighted by molar-refractivity contribution is -0.116. The molecule has 0 fully saturated rings. The summed E-state index contributed by atoms with van der Waals surface area (Å²) < 4.78 is 12.4. The third kappa shape index (κ3) is 3.60. The van der Waals surface area contributed by atoms with E-state index in [4.69, 9.17) is 9.47 Å². The Morgan fingerprint density at radius 3 is 2.84 bits per heavy atom. The third-order valence-corrected chi connectivity index (χ3v) is 3.65. The molecule has 3 rings (SSSR count). The normalized spacial score (nSPS) is 11.0. The van der Waals surface area contributed by atoms with Crippen molar-refractivity contribution in [3.63, 3.8) is 0 Å². The number of aromatic nitrogens is 3. The Morgan fingerprint density at radius 2 is 2.04 bits per heavy atom. The number of ether oxygens (including phenoxy) is 2. The summed E-state index contributed by atoms with van der Waals surface area (Å²) in [6.45, 7) is 0.281. The minimum Gasteiger partial charge on any atom is -0.493 e. The molecule has 25 heavy (non-hydrogen) atoms. The van der Waals surface area contributed by atoms with Crippen molar-refractivity contribution in [2.24, 2.45) is 0 Å². The molecule has 3 aromatic rings. The van der Waals surface area contributed by atoms with Crippen molar-refractivity contribution >= 4 is 17.6 Å². The van der Waals surface area contributed by atoms with E-state index in [2.05, 4.69) is 15.5 Å². The number of hydrogen-bond donors (Lipinski definition) is 1. The van der Waals surface area contributed by atoms with E-state index in [0.29, 0.717) is 17.3 Å². The molecular weight excluding hydrogens is 320 g/mol. The van der Waals surface area contributed by atoms with E-state index in [0.717, 1.165) is 11.2 Å². The topological polar surface area (TPSA) is 77.8 Å². The summed E-state index contributed by atoms with van der Waals surface area (Å²) in [5.74, 6) is 1.62. The van der Waals surface area contributed by atoms with E-state index in [1.807, 2.05) is 40.9 Å². The van der Waals surface area contributed by atoms with Gasteiger partial charge in [0.15, 0.2) is 23.0 Å². The van der Waals surface area contributed by atoms with Gasteiger partial charge in [0.2, 0.25) is 5.91 Å². The lowest BCUT2D eigenvalue weighted by atomic mass is 10.1. The number of fused-ring (bicyclic) bond motifs is 1. The minimum absolute atomic E-state index is 0.238. The molecule has 1 N–H and O–H groups in total. The minimum atomic E-state index is -0.238. The van der Waals surface area contributed by atoms with Gasteiger partial charge in [0.05, 0.1) is 20.8 Å². The fourth-order valence-electron chi connectivity index (χ4n) is 2.45. The molecule has 128 valence electrons. The summed E-state index contributed by atoms with van der Waals surface area (Å²) in [5, 5.41) is 10.9. The molecule has 0 aliphatic rings. The van der Waals surface area contributed by atoms with E-state index in [1.54, 1.807) is 26.4 Å². The Balaban J connectivity index is 1.68. The molecule has 0 spiro atoms. The Morgan fingerprint density at radius 1 is 1.16 bits per heavy atom. The van der Waals surface area contributed by atoms with Gasteiger partial charge in [-0.2, -0.15) is 0 Å². The smallest absolute Gasteiger partial charge is 0.244 e. The van der Waals surface area contributed by atoms with Crippen molar-refractivity contribution in [1.29, 1.82) is 0 Å². The van der Waals surface area contributed by atoms with Crippen LogP contribution in [0.3, 0.4) is 0 Å². The number of amides is 1. The van der Waals surface area contributed by atoms with Gasteiger partial charge in [-0.15, -0.1) is 10.2 Å². The standard InChI is InChI=1S/C18H18N4O3/c1-24-14-7-5-6-13(18(14)25-2)9-10-17(23)19-12-16-21-20-15-8-3-4-11-22(15)16/h3-11H,12H2,1-2H3,(H,19,23)/b10-9+. The molecule has 0 unspecified atom stereocenters. The van der Waals surface area contributed by atoms with Crippen molar-refractivity contribution in [1.82, 2.24) is 19.9 Å². The molecule has 0 saturated carbocycles. The molecule has 0 atom stereocenters. The van der Waals surface area contributed by atoms with Crippen LogP contribution in [0.2, 0.25) is 0 Å². The highest BCUT2D eigenvalue weighted by Gasteiger charge is 2.08. The molecule has 2 heterocycles.